The van der Waals surface area contributed by atoms with Crippen molar-refractivity contribution in [1.82, 2.24) is 14.9 Å². The molecule has 1 amide bonds. The maximum Gasteiger partial charge on any atom is 0.253 e. The Morgan fingerprint density at radius 2 is 1.96 bits per heavy atom. The quantitative estimate of drug-likeness (QED) is 0.920. The van der Waals surface area contributed by atoms with Gasteiger partial charge in [0.25, 0.3) is 5.91 Å². The van der Waals surface area contributed by atoms with Gasteiger partial charge in [-0.15, -0.1) is 0 Å². The molecule has 3 rings (SSSR count). The number of carbonyl (C=O) groups is 1. The summed E-state index contributed by atoms with van der Waals surface area (Å²) in [5.74, 6) is 0.537. The molecule has 1 N–H and O–H groups in total. The molecule has 6 nitrogen and oxygen atoms in total. The zero-order valence-corrected chi connectivity index (χ0v) is 14.7. The second kappa shape index (κ2) is 7.19. The zero-order chi connectivity index (χ0) is 17.9. The van der Waals surface area contributed by atoms with Crippen LogP contribution in [-0.4, -0.2) is 58.2 Å². The second-order valence-electron chi connectivity index (χ2n) is 6.83. The molecule has 1 aromatic carbocycles. The van der Waals surface area contributed by atoms with Crippen molar-refractivity contribution in [3.8, 4) is 0 Å². The highest BCUT2D eigenvalue weighted by Gasteiger charge is 2.36. The van der Waals surface area contributed by atoms with Crippen LogP contribution in [-0.2, 0) is 0 Å². The van der Waals surface area contributed by atoms with Gasteiger partial charge in [0.05, 0.1) is 18.7 Å². The lowest BCUT2D eigenvalue weighted by Gasteiger charge is -2.41. The normalized spacial score (nSPS) is 20.4. The number of rotatable bonds is 4. The van der Waals surface area contributed by atoms with Crippen molar-refractivity contribution < 1.29 is 9.90 Å². The van der Waals surface area contributed by atoms with E-state index in [0.29, 0.717) is 24.5 Å². The summed E-state index contributed by atoms with van der Waals surface area (Å²) in [4.78, 5) is 24.7. The van der Waals surface area contributed by atoms with Crippen LogP contribution in [0.4, 0.5) is 5.95 Å². The van der Waals surface area contributed by atoms with E-state index in [0.717, 1.165) is 18.5 Å². The number of hydrogen-bond donors (Lipinski definition) is 1. The van der Waals surface area contributed by atoms with Crippen LogP contribution in [0, 0.1) is 6.92 Å². The Hall–Kier alpha value is -2.47. The summed E-state index contributed by atoms with van der Waals surface area (Å²) >= 11 is 0. The molecule has 1 atom stereocenters. The molecule has 2 aromatic rings. The van der Waals surface area contributed by atoms with E-state index < -0.39 is 5.60 Å². The third-order valence-corrected chi connectivity index (χ3v) is 4.57. The maximum atomic E-state index is 12.6. The number of aryl methyl sites for hydroxylation is 1. The predicted molar refractivity (Wildman–Crippen MR) is 96.6 cm³/mol. The highest BCUT2D eigenvalue weighted by molar-refractivity contribution is 5.94. The van der Waals surface area contributed by atoms with E-state index in [1.807, 2.05) is 36.1 Å². The summed E-state index contributed by atoms with van der Waals surface area (Å²) in [7, 11) is 1.73. The van der Waals surface area contributed by atoms with E-state index in [2.05, 4.69) is 9.97 Å². The third kappa shape index (κ3) is 4.14. The summed E-state index contributed by atoms with van der Waals surface area (Å²) in [6, 6.07) is 9.26. The minimum absolute atomic E-state index is 0.0819. The molecule has 1 aromatic heterocycles. The van der Waals surface area contributed by atoms with Crippen molar-refractivity contribution in [3.05, 3.63) is 53.9 Å². The molecule has 0 bridgehead atoms. The standard InChI is InChI=1S/C19H24N4O2/c1-15-5-7-16(8-6-15)17(24)22(2)13-19(25)9-3-12-23(14-19)18-20-10-4-11-21-18/h4-8,10-11,25H,3,9,12-14H2,1-2H3/t19-/m1/s1. The third-order valence-electron chi connectivity index (χ3n) is 4.57. The van der Waals surface area contributed by atoms with Crippen LogP contribution in [0.3, 0.4) is 0 Å². The lowest BCUT2D eigenvalue weighted by Crippen LogP contribution is -2.55. The smallest absolute Gasteiger partial charge is 0.253 e. The Labute approximate surface area is 148 Å². The van der Waals surface area contributed by atoms with Crippen LogP contribution in [0.1, 0.15) is 28.8 Å². The number of β-amino-alcohol motifs (C(OH)–C–C–N with tert-alkyl or cyclic N) is 1. The molecule has 0 spiro atoms. The fourth-order valence-electron chi connectivity index (χ4n) is 3.30. The van der Waals surface area contributed by atoms with Crippen LogP contribution in [0.25, 0.3) is 0 Å². The van der Waals surface area contributed by atoms with E-state index in [9.17, 15) is 9.90 Å². The van der Waals surface area contributed by atoms with Gasteiger partial charge in [-0.3, -0.25) is 4.79 Å². The van der Waals surface area contributed by atoms with Gasteiger partial charge in [-0.05, 0) is 38.0 Å². The first-order chi connectivity index (χ1) is 12.0. The average molecular weight is 340 g/mol. The monoisotopic (exact) mass is 340 g/mol. The first-order valence-corrected chi connectivity index (χ1v) is 8.53. The molecule has 1 aliphatic rings. The van der Waals surface area contributed by atoms with Gasteiger partial charge in [-0.1, -0.05) is 17.7 Å². The molecule has 132 valence electrons. The summed E-state index contributed by atoms with van der Waals surface area (Å²) in [5, 5.41) is 11.0. The van der Waals surface area contributed by atoms with Gasteiger partial charge in [-0.25, -0.2) is 9.97 Å². The Kier molecular flexibility index (Phi) is 4.99. The SMILES string of the molecule is Cc1ccc(C(=O)N(C)C[C@]2(O)CCCN(c3ncccn3)C2)cc1. The Morgan fingerprint density at radius 1 is 1.28 bits per heavy atom. The van der Waals surface area contributed by atoms with E-state index in [-0.39, 0.29) is 12.5 Å². The fraction of sp³-hybridized carbons (Fsp3) is 0.421. The molecule has 25 heavy (non-hydrogen) atoms. The molecule has 1 aliphatic heterocycles. The van der Waals surface area contributed by atoms with Crippen molar-refractivity contribution in [1.29, 1.82) is 0 Å². The average Bonchev–Trinajstić information content (AvgIpc) is 2.62. The van der Waals surface area contributed by atoms with E-state index in [4.69, 9.17) is 0 Å². The van der Waals surface area contributed by atoms with Crippen LogP contribution in [0.5, 0.6) is 0 Å². The molecule has 0 saturated carbocycles. The predicted octanol–water partition coefficient (Wildman–Crippen LogP) is 1.89. The number of benzene rings is 1. The van der Waals surface area contributed by atoms with Gasteiger partial charge in [0, 0.05) is 31.5 Å². The van der Waals surface area contributed by atoms with E-state index >= 15 is 0 Å². The first-order valence-electron chi connectivity index (χ1n) is 8.53. The van der Waals surface area contributed by atoms with Gasteiger partial charge in [0.1, 0.15) is 0 Å². The number of amides is 1. The topological polar surface area (TPSA) is 69.6 Å². The van der Waals surface area contributed by atoms with Gasteiger partial charge < -0.3 is 14.9 Å². The van der Waals surface area contributed by atoms with Crippen molar-refractivity contribution in [2.75, 3.05) is 31.6 Å². The molecule has 0 radical (unpaired) electrons. The van der Waals surface area contributed by atoms with Gasteiger partial charge in [0.15, 0.2) is 0 Å². The highest BCUT2D eigenvalue weighted by atomic mass is 16.3. The fourth-order valence-corrected chi connectivity index (χ4v) is 3.30. The van der Waals surface area contributed by atoms with Crippen molar-refractivity contribution in [3.63, 3.8) is 0 Å². The summed E-state index contributed by atoms with van der Waals surface area (Å²) in [6.07, 6.45) is 4.88. The zero-order valence-electron chi connectivity index (χ0n) is 14.7. The molecule has 1 saturated heterocycles. The molecule has 6 heteroatoms. The van der Waals surface area contributed by atoms with Crippen LogP contribution < -0.4 is 4.90 Å². The summed E-state index contributed by atoms with van der Waals surface area (Å²) < 4.78 is 0. The Balaban J connectivity index is 1.68. The second-order valence-corrected chi connectivity index (χ2v) is 6.83. The molecule has 0 aliphatic carbocycles. The molecule has 1 fully saturated rings. The molecule has 2 heterocycles. The van der Waals surface area contributed by atoms with Crippen LogP contribution >= 0.6 is 0 Å². The maximum absolute atomic E-state index is 12.6. The molecular weight excluding hydrogens is 316 g/mol. The highest BCUT2D eigenvalue weighted by Crippen LogP contribution is 2.25. The summed E-state index contributed by atoms with van der Waals surface area (Å²) in [5.41, 5.74) is 0.784. The van der Waals surface area contributed by atoms with Crippen LogP contribution in [0.15, 0.2) is 42.7 Å². The number of likely N-dealkylation sites (N-methyl/N-ethyl adjacent to an activating group) is 1. The van der Waals surface area contributed by atoms with Crippen molar-refractivity contribution in [2.24, 2.45) is 0 Å². The first kappa shape index (κ1) is 17.4. The van der Waals surface area contributed by atoms with Crippen molar-refractivity contribution >= 4 is 11.9 Å². The number of aliphatic hydroxyl groups is 1. The number of nitrogens with zero attached hydrogens (tertiary/aromatic N) is 4. The minimum atomic E-state index is -0.966. The largest absolute Gasteiger partial charge is 0.386 e. The van der Waals surface area contributed by atoms with Crippen molar-refractivity contribution in [2.45, 2.75) is 25.4 Å². The Bertz CT molecular complexity index is 720. The van der Waals surface area contributed by atoms with E-state index in [1.54, 1.807) is 30.4 Å². The number of anilines is 1. The van der Waals surface area contributed by atoms with Gasteiger partial charge >= 0.3 is 0 Å². The minimum Gasteiger partial charge on any atom is -0.386 e. The molecular formula is C19H24N4O2. The molecule has 0 unspecified atom stereocenters. The van der Waals surface area contributed by atoms with Gasteiger partial charge in [0.2, 0.25) is 5.95 Å². The number of hydrogen-bond acceptors (Lipinski definition) is 5. The number of carbonyl (C=O) groups excluding carboxylic acids is 1. The van der Waals surface area contributed by atoms with E-state index in [1.165, 1.54) is 0 Å². The van der Waals surface area contributed by atoms with Crippen LogP contribution in [0.2, 0.25) is 0 Å². The Morgan fingerprint density at radius 3 is 2.64 bits per heavy atom. The van der Waals surface area contributed by atoms with Gasteiger partial charge in [-0.2, -0.15) is 0 Å². The lowest BCUT2D eigenvalue weighted by atomic mass is 9.92. The number of aromatic nitrogens is 2. The lowest BCUT2D eigenvalue weighted by molar-refractivity contribution is -0.000296. The summed E-state index contributed by atoms with van der Waals surface area (Å²) in [6.45, 7) is 3.50. The number of piperidine rings is 1.